The molecule has 0 saturated heterocycles. The molecule has 0 aliphatic carbocycles. The number of methoxy groups -OCH3 is 1. The number of aromatic nitrogens is 1. The number of hydrogen-bond acceptors (Lipinski definition) is 6. The van der Waals surface area contributed by atoms with Gasteiger partial charge in [-0.2, -0.15) is 5.26 Å². The van der Waals surface area contributed by atoms with Gasteiger partial charge in [0, 0.05) is 36.6 Å². The quantitative estimate of drug-likeness (QED) is 0.836. The first-order valence-corrected chi connectivity index (χ1v) is 9.72. The highest BCUT2D eigenvalue weighted by Gasteiger charge is 2.28. The molecule has 2 heterocycles. The Balaban J connectivity index is 2.18. The van der Waals surface area contributed by atoms with Gasteiger partial charge in [-0.25, -0.2) is 4.98 Å². The third-order valence-electron chi connectivity index (χ3n) is 5.05. The average Bonchev–Trinajstić information content (AvgIpc) is 2.72. The SMILES string of the molecule is CCOc1ccc(-c2c(C#N)c(N)nc3c2CN(C(=O)C(C)C)CC3)cc1OC. The number of fused-ring (bicyclic) bond motifs is 1. The summed E-state index contributed by atoms with van der Waals surface area (Å²) < 4.78 is 11.1. The van der Waals surface area contributed by atoms with Crippen molar-refractivity contribution in [1.29, 1.82) is 5.26 Å². The molecule has 1 aliphatic heterocycles. The molecule has 0 spiro atoms. The molecular formula is C22H26N4O3. The van der Waals surface area contributed by atoms with E-state index in [2.05, 4.69) is 11.1 Å². The molecule has 0 radical (unpaired) electrons. The van der Waals surface area contributed by atoms with Crippen molar-refractivity contribution in [2.75, 3.05) is 26.0 Å². The number of rotatable bonds is 5. The van der Waals surface area contributed by atoms with Gasteiger partial charge in [0.05, 0.1) is 19.4 Å². The topological polar surface area (TPSA) is 101 Å². The molecule has 0 saturated carbocycles. The van der Waals surface area contributed by atoms with Gasteiger partial charge in [0.25, 0.3) is 0 Å². The summed E-state index contributed by atoms with van der Waals surface area (Å²) in [6, 6.07) is 7.73. The third kappa shape index (κ3) is 3.83. The van der Waals surface area contributed by atoms with Crippen LogP contribution in [0.1, 0.15) is 37.6 Å². The zero-order chi connectivity index (χ0) is 21.1. The van der Waals surface area contributed by atoms with Crippen molar-refractivity contribution in [2.45, 2.75) is 33.7 Å². The minimum absolute atomic E-state index is 0.0845. The minimum Gasteiger partial charge on any atom is -0.493 e. The lowest BCUT2D eigenvalue weighted by Gasteiger charge is -2.31. The summed E-state index contributed by atoms with van der Waals surface area (Å²) in [7, 11) is 1.58. The number of nitrogens with two attached hydrogens (primary N) is 1. The molecular weight excluding hydrogens is 368 g/mol. The first-order chi connectivity index (χ1) is 13.9. The lowest BCUT2D eigenvalue weighted by Crippen LogP contribution is -2.39. The van der Waals surface area contributed by atoms with E-state index in [0.29, 0.717) is 48.7 Å². The first-order valence-electron chi connectivity index (χ1n) is 9.72. The van der Waals surface area contributed by atoms with Crippen molar-refractivity contribution < 1.29 is 14.3 Å². The van der Waals surface area contributed by atoms with Crippen molar-refractivity contribution in [2.24, 2.45) is 5.92 Å². The standard InChI is InChI=1S/C22H26N4O3/c1-5-29-18-7-6-14(10-19(18)28-4)20-15(11-23)21(24)25-17-8-9-26(12-16(17)20)22(27)13(2)3/h6-7,10,13H,5,8-9,12H2,1-4H3,(H2,24,25). The maximum atomic E-state index is 12.6. The Labute approximate surface area is 171 Å². The molecule has 0 fully saturated rings. The molecule has 1 aromatic heterocycles. The summed E-state index contributed by atoms with van der Waals surface area (Å²) in [6.07, 6.45) is 0.602. The molecule has 29 heavy (non-hydrogen) atoms. The highest BCUT2D eigenvalue weighted by molar-refractivity contribution is 5.83. The Bertz CT molecular complexity index is 979. The van der Waals surface area contributed by atoms with Crippen LogP contribution in [0.2, 0.25) is 0 Å². The van der Waals surface area contributed by atoms with Crippen molar-refractivity contribution >= 4 is 11.7 Å². The van der Waals surface area contributed by atoms with E-state index < -0.39 is 0 Å². The van der Waals surface area contributed by atoms with Crippen molar-refractivity contribution in [3.8, 4) is 28.7 Å². The van der Waals surface area contributed by atoms with Gasteiger partial charge < -0.3 is 20.1 Å². The molecule has 3 rings (SSSR count). The van der Waals surface area contributed by atoms with Crippen molar-refractivity contribution in [3.63, 3.8) is 0 Å². The second-order valence-electron chi connectivity index (χ2n) is 7.25. The largest absolute Gasteiger partial charge is 0.493 e. The maximum absolute atomic E-state index is 12.6. The van der Waals surface area contributed by atoms with Crippen LogP contribution >= 0.6 is 0 Å². The predicted molar refractivity (Wildman–Crippen MR) is 110 cm³/mol. The number of benzene rings is 1. The van der Waals surface area contributed by atoms with Gasteiger partial charge in [-0.3, -0.25) is 4.79 Å². The van der Waals surface area contributed by atoms with Gasteiger partial charge in [-0.15, -0.1) is 0 Å². The number of hydrogen-bond donors (Lipinski definition) is 1. The first kappa shape index (κ1) is 20.5. The Kier molecular flexibility index (Phi) is 5.92. The van der Waals surface area contributed by atoms with Gasteiger partial charge in [-0.1, -0.05) is 19.9 Å². The van der Waals surface area contributed by atoms with Gasteiger partial charge in [-0.05, 0) is 24.6 Å². The molecule has 0 atom stereocenters. The van der Waals surface area contributed by atoms with Crippen LogP contribution in [0.3, 0.4) is 0 Å². The summed E-state index contributed by atoms with van der Waals surface area (Å²) in [5.41, 5.74) is 9.61. The van der Waals surface area contributed by atoms with E-state index in [1.54, 1.807) is 7.11 Å². The van der Waals surface area contributed by atoms with Gasteiger partial charge in [0.2, 0.25) is 5.91 Å². The zero-order valence-corrected chi connectivity index (χ0v) is 17.3. The summed E-state index contributed by atoms with van der Waals surface area (Å²) >= 11 is 0. The monoisotopic (exact) mass is 394 g/mol. The van der Waals surface area contributed by atoms with Crippen LogP contribution in [0.25, 0.3) is 11.1 Å². The van der Waals surface area contributed by atoms with Crippen molar-refractivity contribution in [1.82, 2.24) is 9.88 Å². The summed E-state index contributed by atoms with van der Waals surface area (Å²) in [4.78, 5) is 18.9. The van der Waals surface area contributed by atoms with Crippen LogP contribution in [-0.4, -0.2) is 36.1 Å². The number of anilines is 1. The van der Waals surface area contributed by atoms with Gasteiger partial charge in [0.1, 0.15) is 17.5 Å². The molecule has 1 aromatic carbocycles. The molecule has 1 amide bonds. The van der Waals surface area contributed by atoms with E-state index in [0.717, 1.165) is 16.8 Å². The van der Waals surface area contributed by atoms with Crippen LogP contribution < -0.4 is 15.2 Å². The molecule has 1 aliphatic rings. The molecule has 152 valence electrons. The van der Waals surface area contributed by atoms with Crippen LogP contribution in [0.15, 0.2) is 18.2 Å². The number of ether oxygens (including phenoxy) is 2. The third-order valence-corrected chi connectivity index (χ3v) is 5.05. The van der Waals surface area contributed by atoms with Crippen LogP contribution in [-0.2, 0) is 17.8 Å². The number of nitrogens with zero attached hydrogens (tertiary/aromatic N) is 3. The molecule has 2 N–H and O–H groups in total. The smallest absolute Gasteiger partial charge is 0.225 e. The fourth-order valence-corrected chi connectivity index (χ4v) is 3.66. The van der Waals surface area contributed by atoms with Crippen LogP contribution in [0, 0.1) is 17.2 Å². The number of pyridine rings is 1. The molecule has 0 bridgehead atoms. The summed E-state index contributed by atoms with van der Waals surface area (Å²) in [5.74, 6) is 1.40. The molecule has 0 unspecified atom stereocenters. The predicted octanol–water partition coefficient (Wildman–Crippen LogP) is 3.15. The number of nitrogen functional groups attached to an aromatic ring is 1. The number of nitriles is 1. The van der Waals surface area contributed by atoms with E-state index in [-0.39, 0.29) is 17.6 Å². The summed E-state index contributed by atoms with van der Waals surface area (Å²) in [6.45, 7) is 7.19. The normalized spacial score (nSPS) is 13.0. The van der Waals surface area contributed by atoms with E-state index in [9.17, 15) is 10.1 Å². The van der Waals surface area contributed by atoms with E-state index in [1.807, 2.05) is 43.9 Å². The van der Waals surface area contributed by atoms with Crippen LogP contribution in [0.5, 0.6) is 11.5 Å². The number of amides is 1. The Hall–Kier alpha value is -3.27. The average molecular weight is 394 g/mol. The fourth-order valence-electron chi connectivity index (χ4n) is 3.66. The summed E-state index contributed by atoms with van der Waals surface area (Å²) in [5, 5.41) is 9.78. The van der Waals surface area contributed by atoms with E-state index in [1.165, 1.54) is 0 Å². The van der Waals surface area contributed by atoms with Gasteiger partial charge >= 0.3 is 0 Å². The van der Waals surface area contributed by atoms with E-state index >= 15 is 0 Å². The fraction of sp³-hybridized carbons (Fsp3) is 0.409. The maximum Gasteiger partial charge on any atom is 0.225 e. The van der Waals surface area contributed by atoms with E-state index in [4.69, 9.17) is 15.2 Å². The molecule has 7 heteroatoms. The Morgan fingerprint density at radius 2 is 2.14 bits per heavy atom. The lowest BCUT2D eigenvalue weighted by molar-refractivity contribution is -0.135. The van der Waals surface area contributed by atoms with Gasteiger partial charge in [0.15, 0.2) is 11.5 Å². The highest BCUT2D eigenvalue weighted by atomic mass is 16.5. The molecule has 7 nitrogen and oxygen atoms in total. The lowest BCUT2D eigenvalue weighted by atomic mass is 9.90. The minimum atomic E-state index is -0.0947. The van der Waals surface area contributed by atoms with Crippen LogP contribution in [0.4, 0.5) is 5.82 Å². The Morgan fingerprint density at radius 3 is 2.76 bits per heavy atom. The zero-order valence-electron chi connectivity index (χ0n) is 17.3. The molecule has 2 aromatic rings. The number of carbonyl (C=O) groups excluding carboxylic acids is 1. The highest BCUT2D eigenvalue weighted by Crippen LogP contribution is 2.39. The van der Waals surface area contributed by atoms with Crippen molar-refractivity contribution in [3.05, 3.63) is 35.0 Å². The second-order valence-corrected chi connectivity index (χ2v) is 7.25. The number of carbonyl (C=O) groups is 1. The second kappa shape index (κ2) is 8.39. The Morgan fingerprint density at radius 1 is 1.38 bits per heavy atom.